The topological polar surface area (TPSA) is 66.7 Å². The number of aromatic carboxylic acids is 1. The molecule has 0 radical (unpaired) electrons. The van der Waals surface area contributed by atoms with Crippen molar-refractivity contribution in [3.8, 4) is 0 Å². The predicted octanol–water partition coefficient (Wildman–Crippen LogP) is 3.15. The summed E-state index contributed by atoms with van der Waals surface area (Å²) in [5.74, 6) is -1.14. The van der Waals surface area contributed by atoms with E-state index in [1.54, 1.807) is 6.07 Å². The van der Waals surface area contributed by atoms with E-state index < -0.39 is 5.97 Å². The van der Waals surface area contributed by atoms with E-state index in [-0.39, 0.29) is 11.3 Å². The van der Waals surface area contributed by atoms with Gasteiger partial charge < -0.3 is 5.11 Å². The average molecular weight is 229 g/mol. The summed E-state index contributed by atoms with van der Waals surface area (Å²) in [5, 5.41) is 11.4. The van der Waals surface area contributed by atoms with Crippen molar-refractivity contribution in [2.75, 3.05) is 6.26 Å². The second-order valence-electron chi connectivity index (χ2n) is 2.33. The molecular weight excluding hydrogens is 222 g/mol. The molecule has 0 bridgehead atoms. The molecule has 0 aliphatic carbocycles. The summed E-state index contributed by atoms with van der Waals surface area (Å²) >= 11 is 0. The molecule has 0 aromatic heterocycles. The quantitative estimate of drug-likeness (QED) is 0.634. The van der Waals surface area contributed by atoms with E-state index in [1.807, 2.05) is 6.26 Å². The summed E-state index contributed by atoms with van der Waals surface area (Å²) in [6, 6.07) is 4.53. The molecule has 14 heavy (non-hydrogen) atoms. The molecule has 0 spiro atoms. The van der Waals surface area contributed by atoms with Gasteiger partial charge in [0, 0.05) is 4.90 Å². The van der Waals surface area contributed by atoms with Crippen LogP contribution in [0.25, 0.3) is 0 Å². The third-order valence-corrected chi connectivity index (χ3v) is 3.17. The highest BCUT2D eigenvalue weighted by atomic mass is 33.1. The minimum atomic E-state index is -1.14. The van der Waals surface area contributed by atoms with Crippen molar-refractivity contribution in [2.45, 2.75) is 4.90 Å². The number of nitroso groups, excluding NO2 is 1. The Morgan fingerprint density at radius 3 is 2.71 bits per heavy atom. The highest BCUT2D eigenvalue weighted by molar-refractivity contribution is 8.76. The minimum absolute atomic E-state index is 0.0389. The molecule has 0 saturated carbocycles. The molecule has 0 fully saturated rings. The monoisotopic (exact) mass is 229 g/mol. The van der Waals surface area contributed by atoms with Gasteiger partial charge >= 0.3 is 5.97 Å². The van der Waals surface area contributed by atoms with Gasteiger partial charge in [0.25, 0.3) is 0 Å². The fourth-order valence-corrected chi connectivity index (χ4v) is 2.28. The Hall–Kier alpha value is -1.01. The zero-order valence-corrected chi connectivity index (χ0v) is 8.89. The van der Waals surface area contributed by atoms with Crippen LogP contribution in [0.1, 0.15) is 10.4 Å². The Morgan fingerprint density at radius 2 is 2.21 bits per heavy atom. The molecule has 1 aromatic carbocycles. The normalized spacial score (nSPS) is 9.79. The van der Waals surface area contributed by atoms with E-state index >= 15 is 0 Å². The first kappa shape index (κ1) is 11.1. The van der Waals surface area contributed by atoms with E-state index in [9.17, 15) is 9.70 Å². The Morgan fingerprint density at radius 1 is 1.50 bits per heavy atom. The van der Waals surface area contributed by atoms with Crippen LogP contribution in [-0.4, -0.2) is 17.3 Å². The number of carboxylic acids is 1. The summed E-state index contributed by atoms with van der Waals surface area (Å²) in [7, 11) is 2.94. The molecule has 0 heterocycles. The number of benzene rings is 1. The maximum absolute atomic E-state index is 10.7. The van der Waals surface area contributed by atoms with Crippen LogP contribution in [0, 0.1) is 4.91 Å². The molecule has 0 saturated heterocycles. The van der Waals surface area contributed by atoms with Crippen LogP contribution in [0.2, 0.25) is 0 Å². The van der Waals surface area contributed by atoms with E-state index in [2.05, 4.69) is 5.18 Å². The first-order valence-corrected chi connectivity index (χ1v) is 6.16. The van der Waals surface area contributed by atoms with Crippen molar-refractivity contribution in [1.29, 1.82) is 0 Å². The molecular formula is C8H7NO3S2. The van der Waals surface area contributed by atoms with Crippen molar-refractivity contribution < 1.29 is 9.90 Å². The number of nitrogens with zero attached hydrogens (tertiary/aromatic N) is 1. The van der Waals surface area contributed by atoms with Crippen LogP contribution in [0.3, 0.4) is 0 Å². The highest BCUT2D eigenvalue weighted by Gasteiger charge is 2.11. The van der Waals surface area contributed by atoms with Gasteiger partial charge in [0.15, 0.2) is 0 Å². The summed E-state index contributed by atoms with van der Waals surface area (Å²) in [5.41, 5.74) is -0.0954. The van der Waals surface area contributed by atoms with Gasteiger partial charge in [0.2, 0.25) is 0 Å². The predicted molar refractivity (Wildman–Crippen MR) is 58.2 cm³/mol. The molecule has 0 atom stereocenters. The van der Waals surface area contributed by atoms with Gasteiger partial charge in [-0.3, -0.25) is 0 Å². The molecule has 1 N–H and O–H groups in total. The first-order valence-electron chi connectivity index (χ1n) is 3.60. The third kappa shape index (κ3) is 2.49. The second-order valence-corrected chi connectivity index (χ2v) is 4.80. The minimum Gasteiger partial charge on any atom is -0.478 e. The van der Waals surface area contributed by atoms with Crippen molar-refractivity contribution in [3.05, 3.63) is 28.7 Å². The van der Waals surface area contributed by atoms with Crippen LogP contribution < -0.4 is 0 Å². The third-order valence-electron chi connectivity index (χ3n) is 1.48. The lowest BCUT2D eigenvalue weighted by Crippen LogP contribution is -1.96. The molecule has 4 nitrogen and oxygen atoms in total. The Bertz CT molecular complexity index is 368. The van der Waals surface area contributed by atoms with Gasteiger partial charge in [-0.25, -0.2) is 4.79 Å². The van der Waals surface area contributed by atoms with Gasteiger partial charge in [-0.05, 0) is 29.6 Å². The fraction of sp³-hybridized carbons (Fsp3) is 0.125. The molecule has 74 valence electrons. The fourth-order valence-electron chi connectivity index (χ4n) is 0.914. The number of rotatable bonds is 4. The molecule has 0 amide bonds. The molecule has 0 aliphatic heterocycles. The molecule has 6 heteroatoms. The maximum atomic E-state index is 10.7. The molecule has 0 unspecified atom stereocenters. The van der Waals surface area contributed by atoms with Gasteiger partial charge in [0.1, 0.15) is 5.69 Å². The lowest BCUT2D eigenvalue weighted by atomic mass is 10.2. The lowest BCUT2D eigenvalue weighted by Gasteiger charge is -2.01. The first-order chi connectivity index (χ1) is 6.69. The highest BCUT2D eigenvalue weighted by Crippen LogP contribution is 2.32. The van der Waals surface area contributed by atoms with Crippen molar-refractivity contribution in [3.63, 3.8) is 0 Å². The maximum Gasteiger partial charge on any atom is 0.338 e. The van der Waals surface area contributed by atoms with Crippen LogP contribution in [0.15, 0.2) is 28.3 Å². The average Bonchev–Trinajstić information content (AvgIpc) is 2.18. The van der Waals surface area contributed by atoms with Crippen LogP contribution >= 0.6 is 21.6 Å². The Labute approximate surface area is 88.5 Å². The van der Waals surface area contributed by atoms with Crippen LogP contribution in [-0.2, 0) is 0 Å². The SMILES string of the molecule is CSSc1ccc(N=O)c(C(=O)O)c1. The smallest absolute Gasteiger partial charge is 0.338 e. The second kappa shape index (κ2) is 5.02. The van der Waals surface area contributed by atoms with Crippen molar-refractivity contribution >= 4 is 33.2 Å². The van der Waals surface area contributed by atoms with E-state index in [4.69, 9.17) is 5.11 Å². The summed E-state index contributed by atoms with van der Waals surface area (Å²) < 4.78 is 0. The summed E-state index contributed by atoms with van der Waals surface area (Å²) in [6.45, 7) is 0. The van der Waals surface area contributed by atoms with Gasteiger partial charge in [0.05, 0.1) is 5.56 Å². The largest absolute Gasteiger partial charge is 0.478 e. The molecule has 0 aliphatic rings. The van der Waals surface area contributed by atoms with E-state index in [0.717, 1.165) is 4.90 Å². The van der Waals surface area contributed by atoms with E-state index in [1.165, 1.54) is 33.7 Å². The summed E-state index contributed by atoms with van der Waals surface area (Å²) in [6.07, 6.45) is 1.89. The standard InChI is InChI=1S/C8H7NO3S2/c1-13-14-5-2-3-7(9-12)6(4-5)8(10)11/h2-4H,1H3,(H,10,11). The number of hydrogen-bond donors (Lipinski definition) is 1. The number of carbonyl (C=O) groups is 1. The van der Waals surface area contributed by atoms with Gasteiger partial charge in [-0.15, -0.1) is 4.91 Å². The number of carboxylic acid groups (broad SMARTS) is 1. The Kier molecular flexibility index (Phi) is 3.97. The van der Waals surface area contributed by atoms with Crippen molar-refractivity contribution in [2.24, 2.45) is 5.18 Å². The lowest BCUT2D eigenvalue weighted by molar-refractivity contribution is 0.0697. The summed E-state index contributed by atoms with van der Waals surface area (Å²) in [4.78, 5) is 21.8. The van der Waals surface area contributed by atoms with E-state index in [0.29, 0.717) is 0 Å². The zero-order valence-electron chi connectivity index (χ0n) is 7.26. The molecule has 1 aromatic rings. The molecule has 1 rings (SSSR count). The van der Waals surface area contributed by atoms with Crippen LogP contribution in [0.5, 0.6) is 0 Å². The Balaban J connectivity index is 3.13. The van der Waals surface area contributed by atoms with Crippen molar-refractivity contribution in [1.82, 2.24) is 0 Å². The zero-order chi connectivity index (χ0) is 10.6. The number of hydrogen-bond acceptors (Lipinski definition) is 5. The van der Waals surface area contributed by atoms with Gasteiger partial charge in [-0.2, -0.15) is 0 Å². The van der Waals surface area contributed by atoms with Crippen LogP contribution in [0.4, 0.5) is 5.69 Å². The van der Waals surface area contributed by atoms with Gasteiger partial charge in [-0.1, -0.05) is 21.6 Å².